The zero-order valence-electron chi connectivity index (χ0n) is 35.5. The van der Waals surface area contributed by atoms with E-state index < -0.39 is 27.0 Å². The summed E-state index contributed by atoms with van der Waals surface area (Å²) in [5.74, 6) is 0.0133. The second-order valence-electron chi connectivity index (χ2n) is 17.8. The van der Waals surface area contributed by atoms with Crippen LogP contribution in [0, 0.1) is 12.8 Å². The van der Waals surface area contributed by atoms with Gasteiger partial charge in [-0.1, -0.05) is 30.5 Å². The van der Waals surface area contributed by atoms with E-state index in [1.54, 1.807) is 46.6 Å². The van der Waals surface area contributed by atoms with E-state index >= 15 is 0 Å². The number of hydrogen-bond donors (Lipinski definition) is 2. The Bertz CT molecular complexity index is 2800. The van der Waals surface area contributed by atoms with Crippen LogP contribution in [0.3, 0.4) is 0 Å². The average Bonchev–Trinajstić information content (AvgIpc) is 3.88. The number of anilines is 3. The summed E-state index contributed by atoms with van der Waals surface area (Å²) in [4.78, 5) is 65.4. The van der Waals surface area contributed by atoms with Crippen LogP contribution in [0.4, 0.5) is 17.3 Å². The van der Waals surface area contributed by atoms with Crippen molar-refractivity contribution in [1.29, 1.82) is 0 Å². The second kappa shape index (κ2) is 16.9. The molecule has 9 rings (SSSR count). The molecule has 328 valence electrons. The number of rotatable bonds is 10. The van der Waals surface area contributed by atoms with Crippen LogP contribution >= 0.6 is 11.6 Å². The molecule has 2 N–H and O–H groups in total. The standard InChI is InChI=1S/C45H54ClN9O6S/c1-27-23-33(15-16-35(27)48-44-47-25-29-24-34(46)43(58)54(41(29)50-44)31-7-4-5-8-31)62(60,61)32-13-11-30(12-14-32)53-21-19-28(20-22-53)26-51(2)36-9-6-10-37-40(36)52(3)45(59)55(37)38-17-18-39(56)49-42(38)57/h6,9-10,15-16,23-25,28,30-32,38H,4-5,7-8,11-14,17-22,26H2,1-3H3,(H,47,48,50)(H,49,56,57). The fourth-order valence-electron chi connectivity index (χ4n) is 10.6. The largest absolute Gasteiger partial charge is 0.373 e. The number of amides is 2. The molecule has 15 nitrogen and oxygen atoms in total. The van der Waals surface area contributed by atoms with Crippen molar-refractivity contribution in [3.63, 3.8) is 0 Å². The lowest BCUT2D eigenvalue weighted by Crippen LogP contribution is -2.45. The minimum Gasteiger partial charge on any atom is -0.373 e. The van der Waals surface area contributed by atoms with Crippen LogP contribution in [0.2, 0.25) is 5.02 Å². The number of carbonyl (C=O) groups is 2. The Morgan fingerprint density at radius 1 is 0.903 bits per heavy atom. The zero-order chi connectivity index (χ0) is 43.4. The highest BCUT2D eigenvalue weighted by Crippen LogP contribution is 2.36. The van der Waals surface area contributed by atoms with Gasteiger partial charge in [0.2, 0.25) is 17.8 Å². The van der Waals surface area contributed by atoms with Crippen LogP contribution in [0.1, 0.15) is 94.7 Å². The van der Waals surface area contributed by atoms with Gasteiger partial charge in [0.05, 0.1) is 26.9 Å². The molecular weight excluding hydrogens is 830 g/mol. The number of sulfone groups is 1. The molecule has 2 saturated carbocycles. The zero-order valence-corrected chi connectivity index (χ0v) is 37.1. The number of pyridine rings is 1. The molecular formula is C45H54ClN9O6S. The van der Waals surface area contributed by atoms with E-state index in [4.69, 9.17) is 16.6 Å². The third kappa shape index (κ3) is 7.82. The van der Waals surface area contributed by atoms with Crippen LogP contribution in [-0.4, -0.2) is 86.8 Å². The molecule has 62 heavy (non-hydrogen) atoms. The maximum absolute atomic E-state index is 14.0. The minimum absolute atomic E-state index is 0.0444. The summed E-state index contributed by atoms with van der Waals surface area (Å²) in [6, 6.07) is 12.2. The number of imide groups is 1. The lowest BCUT2D eigenvalue weighted by Gasteiger charge is -2.41. The minimum atomic E-state index is -3.55. The number of fused-ring (bicyclic) bond motifs is 2. The molecule has 1 atom stereocenters. The van der Waals surface area contributed by atoms with Crippen molar-refractivity contribution >= 4 is 72.6 Å². The highest BCUT2D eigenvalue weighted by atomic mass is 35.5. The number of hydrogen-bond acceptors (Lipinski definition) is 11. The predicted octanol–water partition coefficient (Wildman–Crippen LogP) is 6.18. The first-order valence-corrected chi connectivity index (χ1v) is 23.9. The van der Waals surface area contributed by atoms with Crippen molar-refractivity contribution in [2.24, 2.45) is 13.0 Å². The van der Waals surface area contributed by atoms with Crippen LogP contribution in [0.5, 0.6) is 0 Å². The fraction of sp³-hybridized carbons (Fsp3) is 0.511. The van der Waals surface area contributed by atoms with Crippen LogP contribution in [-0.2, 0) is 26.5 Å². The summed E-state index contributed by atoms with van der Waals surface area (Å²) in [5, 5.41) is 6.05. The third-order valence-corrected chi connectivity index (χ3v) is 16.5. The van der Waals surface area contributed by atoms with Gasteiger partial charge in [-0.25, -0.2) is 18.2 Å². The van der Waals surface area contributed by atoms with Crippen molar-refractivity contribution in [2.75, 3.05) is 36.9 Å². The van der Waals surface area contributed by atoms with Crippen LogP contribution in [0.25, 0.3) is 22.1 Å². The van der Waals surface area contributed by atoms with E-state index in [0.29, 0.717) is 64.3 Å². The van der Waals surface area contributed by atoms with Gasteiger partial charge in [0, 0.05) is 56.4 Å². The Hall–Kier alpha value is -5.06. The number of carbonyl (C=O) groups excluding carboxylic acids is 2. The quantitative estimate of drug-likeness (QED) is 0.154. The number of benzene rings is 2. The van der Waals surface area contributed by atoms with Gasteiger partial charge in [-0.15, -0.1) is 0 Å². The molecule has 5 aromatic rings. The van der Waals surface area contributed by atoms with E-state index in [1.807, 2.05) is 25.1 Å². The fourth-order valence-corrected chi connectivity index (χ4v) is 12.7. The first kappa shape index (κ1) is 42.3. The molecule has 2 aliphatic carbocycles. The Kier molecular flexibility index (Phi) is 11.5. The van der Waals surface area contributed by atoms with Crippen LogP contribution < -0.4 is 26.8 Å². The molecule has 17 heteroatoms. The summed E-state index contributed by atoms with van der Waals surface area (Å²) < 4.78 is 32.8. The van der Waals surface area contributed by atoms with Crippen molar-refractivity contribution in [1.82, 2.24) is 33.9 Å². The molecule has 2 aliphatic heterocycles. The average molecular weight is 885 g/mol. The lowest BCUT2D eigenvalue weighted by molar-refractivity contribution is -0.135. The SMILES string of the molecule is Cc1cc(S(=O)(=O)C2CCC(N3CCC(CN(C)c4cccc5c4n(C)c(=O)n5C4CCC(=O)NC4=O)CC3)CC2)ccc1Nc1ncc2cc(Cl)c(=O)n(C3CCCC3)c2n1. The highest BCUT2D eigenvalue weighted by molar-refractivity contribution is 7.92. The number of imidazole rings is 1. The summed E-state index contributed by atoms with van der Waals surface area (Å²) in [6.07, 6.45) is 11.0. The van der Waals surface area contributed by atoms with Crippen molar-refractivity contribution < 1.29 is 18.0 Å². The number of nitrogens with one attached hydrogen (secondary N) is 2. The first-order valence-electron chi connectivity index (χ1n) is 22.0. The van der Waals surface area contributed by atoms with Gasteiger partial charge in [-0.05, 0) is 126 Å². The normalized spacial score (nSPS) is 22.1. The molecule has 2 saturated heterocycles. The summed E-state index contributed by atoms with van der Waals surface area (Å²) >= 11 is 6.31. The smallest absolute Gasteiger partial charge is 0.329 e. The van der Waals surface area contributed by atoms with Crippen molar-refractivity contribution in [3.05, 3.63) is 80.1 Å². The highest BCUT2D eigenvalue weighted by Gasteiger charge is 2.36. The number of halogens is 1. The second-order valence-corrected chi connectivity index (χ2v) is 20.5. The number of aromatic nitrogens is 5. The lowest BCUT2D eigenvalue weighted by atomic mass is 9.89. The van der Waals surface area contributed by atoms with Gasteiger partial charge >= 0.3 is 5.69 Å². The number of nitrogens with zero attached hydrogens (tertiary/aromatic N) is 7. The van der Waals surface area contributed by atoms with Gasteiger partial charge in [0.15, 0.2) is 9.84 Å². The molecule has 0 bridgehead atoms. The molecule has 0 spiro atoms. The van der Waals surface area contributed by atoms with Crippen molar-refractivity contribution in [2.45, 2.75) is 112 Å². The van der Waals surface area contributed by atoms with E-state index in [9.17, 15) is 27.6 Å². The van der Waals surface area contributed by atoms with E-state index in [0.717, 1.165) is 87.8 Å². The monoisotopic (exact) mass is 883 g/mol. The maximum Gasteiger partial charge on any atom is 0.329 e. The van der Waals surface area contributed by atoms with E-state index in [2.05, 4.69) is 32.5 Å². The Labute approximate surface area is 365 Å². The number of likely N-dealkylation sites (tertiary alicyclic amines) is 1. The molecule has 0 radical (unpaired) electrons. The molecule has 2 aromatic carbocycles. The molecule has 1 unspecified atom stereocenters. The van der Waals surface area contributed by atoms with E-state index in [1.165, 1.54) is 4.57 Å². The summed E-state index contributed by atoms with van der Waals surface area (Å²) in [5.41, 5.74) is 3.84. The number of para-hydroxylation sites is 1. The Morgan fingerprint density at radius 2 is 1.65 bits per heavy atom. The first-order chi connectivity index (χ1) is 29.8. The summed E-state index contributed by atoms with van der Waals surface area (Å²) in [6.45, 7) is 4.60. The van der Waals surface area contributed by atoms with Gasteiger partial charge in [-0.3, -0.25) is 33.4 Å². The predicted molar refractivity (Wildman–Crippen MR) is 240 cm³/mol. The molecule has 3 aromatic heterocycles. The Morgan fingerprint density at radius 3 is 2.35 bits per heavy atom. The van der Waals surface area contributed by atoms with Crippen molar-refractivity contribution in [3.8, 4) is 0 Å². The maximum atomic E-state index is 14.0. The summed E-state index contributed by atoms with van der Waals surface area (Å²) in [7, 11) is 0.231. The molecule has 4 aliphatic rings. The topological polar surface area (TPSA) is 174 Å². The van der Waals surface area contributed by atoms with Gasteiger partial charge in [-0.2, -0.15) is 4.98 Å². The molecule has 2 amide bonds. The van der Waals surface area contributed by atoms with Crippen LogP contribution in [0.15, 0.2) is 63.1 Å². The number of aryl methyl sites for hydroxylation is 2. The van der Waals surface area contributed by atoms with E-state index in [-0.39, 0.29) is 34.6 Å². The molecule has 4 fully saturated rings. The molecule has 5 heterocycles. The third-order valence-electron chi connectivity index (χ3n) is 14.0. The van der Waals surface area contributed by atoms with Gasteiger partial charge in [0.25, 0.3) is 5.56 Å². The van der Waals surface area contributed by atoms with Gasteiger partial charge < -0.3 is 15.1 Å². The Balaban J connectivity index is 0.800. The number of piperidine rings is 2. The van der Waals surface area contributed by atoms with Gasteiger partial charge in [0.1, 0.15) is 16.7 Å².